The molecule has 0 saturated carbocycles. The van der Waals surface area contributed by atoms with Crippen LogP contribution >= 0.6 is 0 Å². The Morgan fingerprint density at radius 3 is 2.72 bits per heavy atom. The van der Waals surface area contributed by atoms with Crippen LogP contribution < -0.4 is 20.1 Å². The minimum Gasteiger partial charge on any atom is -0.493 e. The summed E-state index contributed by atoms with van der Waals surface area (Å²) in [5.74, 6) is 0.404. The molecule has 0 radical (unpaired) electrons. The van der Waals surface area contributed by atoms with Gasteiger partial charge in [0.15, 0.2) is 11.5 Å². The molecule has 0 aromatic heterocycles. The van der Waals surface area contributed by atoms with Crippen LogP contribution in [0.15, 0.2) is 47.5 Å². The van der Waals surface area contributed by atoms with Gasteiger partial charge in [0.1, 0.15) is 5.82 Å². The Balaban J connectivity index is 1.78. The molecule has 8 heteroatoms. The minimum atomic E-state index is -0.483. The van der Waals surface area contributed by atoms with Crippen molar-refractivity contribution in [3.05, 3.63) is 53.8 Å². The summed E-state index contributed by atoms with van der Waals surface area (Å²) in [7, 11) is 3.10. The summed E-state index contributed by atoms with van der Waals surface area (Å²) in [6, 6.07) is 10.7. The summed E-state index contributed by atoms with van der Waals surface area (Å²) in [4.78, 5) is 17.0. The van der Waals surface area contributed by atoms with Crippen LogP contribution in [-0.4, -0.2) is 45.3 Å². The van der Waals surface area contributed by atoms with Crippen LogP contribution in [-0.2, 0) is 4.74 Å². The lowest BCUT2D eigenvalue weighted by Gasteiger charge is -2.15. The van der Waals surface area contributed by atoms with Crippen LogP contribution in [0.2, 0.25) is 0 Å². The number of amides is 1. The molecule has 1 aliphatic rings. The number of carbonyl (C=O) groups is 1. The number of methoxy groups -OCH3 is 2. The van der Waals surface area contributed by atoms with E-state index in [1.54, 1.807) is 32.4 Å². The van der Waals surface area contributed by atoms with Gasteiger partial charge < -0.3 is 19.5 Å². The van der Waals surface area contributed by atoms with Crippen LogP contribution in [0.3, 0.4) is 0 Å². The molecular formula is C21H24FN3O4. The van der Waals surface area contributed by atoms with E-state index < -0.39 is 11.7 Å². The average molecular weight is 401 g/mol. The van der Waals surface area contributed by atoms with Crippen molar-refractivity contribution in [2.45, 2.75) is 18.9 Å². The highest BCUT2D eigenvalue weighted by atomic mass is 19.1. The summed E-state index contributed by atoms with van der Waals surface area (Å²) in [5.41, 5.74) is 0.845. The van der Waals surface area contributed by atoms with Crippen molar-refractivity contribution in [3.8, 4) is 11.5 Å². The van der Waals surface area contributed by atoms with E-state index >= 15 is 0 Å². The topological polar surface area (TPSA) is 81.2 Å². The molecule has 3 rings (SSSR count). The number of ether oxygens (including phenoxy) is 3. The molecule has 29 heavy (non-hydrogen) atoms. The number of halogens is 1. The second-order valence-electron chi connectivity index (χ2n) is 6.48. The number of guanidine groups is 1. The fraction of sp³-hybridized carbons (Fsp3) is 0.333. The Bertz CT molecular complexity index is 882. The number of nitrogens with zero attached hydrogens (tertiary/aromatic N) is 1. The number of hydrogen-bond donors (Lipinski definition) is 2. The van der Waals surface area contributed by atoms with Gasteiger partial charge in [0.2, 0.25) is 5.96 Å². The van der Waals surface area contributed by atoms with Crippen molar-refractivity contribution in [1.82, 2.24) is 5.32 Å². The van der Waals surface area contributed by atoms with Crippen molar-refractivity contribution in [3.63, 3.8) is 0 Å². The molecule has 1 atom stereocenters. The van der Waals surface area contributed by atoms with Gasteiger partial charge >= 0.3 is 0 Å². The summed E-state index contributed by atoms with van der Waals surface area (Å²) in [6.45, 7) is 1.12. The van der Waals surface area contributed by atoms with E-state index in [1.807, 2.05) is 0 Å². The van der Waals surface area contributed by atoms with Crippen molar-refractivity contribution >= 4 is 17.6 Å². The fourth-order valence-electron chi connectivity index (χ4n) is 2.95. The van der Waals surface area contributed by atoms with Crippen LogP contribution in [0.4, 0.5) is 10.1 Å². The SMILES string of the molecule is COc1ccc(NC(=NC[C@@H]2CCCO2)NC(=O)c2cccc(F)c2)cc1OC. The first kappa shape index (κ1) is 20.6. The smallest absolute Gasteiger partial charge is 0.258 e. The van der Waals surface area contributed by atoms with Gasteiger partial charge in [0, 0.05) is 23.9 Å². The predicted octanol–water partition coefficient (Wildman–Crippen LogP) is 3.22. The van der Waals surface area contributed by atoms with Gasteiger partial charge in [-0.3, -0.25) is 10.1 Å². The lowest BCUT2D eigenvalue weighted by molar-refractivity contribution is 0.0975. The first-order valence-corrected chi connectivity index (χ1v) is 9.31. The quantitative estimate of drug-likeness (QED) is 0.574. The predicted molar refractivity (Wildman–Crippen MR) is 108 cm³/mol. The first-order chi connectivity index (χ1) is 14.1. The largest absolute Gasteiger partial charge is 0.493 e. The Kier molecular flexibility index (Phi) is 7.02. The highest BCUT2D eigenvalue weighted by Gasteiger charge is 2.16. The van der Waals surface area contributed by atoms with E-state index in [9.17, 15) is 9.18 Å². The van der Waals surface area contributed by atoms with Crippen molar-refractivity contribution < 1.29 is 23.4 Å². The van der Waals surface area contributed by atoms with Gasteiger partial charge in [0.25, 0.3) is 5.91 Å². The van der Waals surface area contributed by atoms with Gasteiger partial charge in [-0.15, -0.1) is 0 Å². The van der Waals surface area contributed by atoms with Crippen LogP contribution in [0, 0.1) is 5.82 Å². The zero-order valence-electron chi connectivity index (χ0n) is 16.4. The molecule has 2 N–H and O–H groups in total. The molecule has 1 heterocycles. The normalized spacial score (nSPS) is 16.4. The second kappa shape index (κ2) is 9.88. The molecule has 1 fully saturated rings. The number of hydrogen-bond acceptors (Lipinski definition) is 5. The maximum atomic E-state index is 13.5. The Morgan fingerprint density at radius 1 is 1.21 bits per heavy atom. The van der Waals surface area contributed by atoms with Crippen LogP contribution in [0.1, 0.15) is 23.2 Å². The lowest BCUT2D eigenvalue weighted by atomic mass is 10.2. The molecule has 0 aliphatic carbocycles. The molecule has 154 valence electrons. The summed E-state index contributed by atoms with van der Waals surface area (Å²) in [6.07, 6.45) is 1.93. The number of anilines is 1. The van der Waals surface area contributed by atoms with E-state index in [1.165, 1.54) is 24.3 Å². The van der Waals surface area contributed by atoms with E-state index in [0.717, 1.165) is 12.8 Å². The van der Waals surface area contributed by atoms with E-state index in [2.05, 4.69) is 15.6 Å². The maximum absolute atomic E-state index is 13.5. The summed E-state index contributed by atoms with van der Waals surface area (Å²) < 4.78 is 29.6. The molecule has 2 aromatic carbocycles. The Hall–Kier alpha value is -3.13. The van der Waals surface area contributed by atoms with Gasteiger partial charge in [-0.05, 0) is 43.2 Å². The molecule has 0 spiro atoms. The standard InChI is InChI=1S/C21H24FN3O4/c1-27-18-9-8-16(12-19(18)28-2)24-21(23-13-17-7-4-10-29-17)25-20(26)14-5-3-6-15(22)11-14/h3,5-6,8-9,11-12,17H,4,7,10,13H2,1-2H3,(H2,23,24,25,26)/t17-/m0/s1. The molecule has 7 nitrogen and oxygen atoms in total. The minimum absolute atomic E-state index is 0.0169. The number of aliphatic imine (C=N–C) groups is 1. The summed E-state index contributed by atoms with van der Waals surface area (Å²) >= 11 is 0. The lowest BCUT2D eigenvalue weighted by Crippen LogP contribution is -2.36. The van der Waals surface area contributed by atoms with E-state index in [-0.39, 0.29) is 17.6 Å². The van der Waals surface area contributed by atoms with E-state index in [4.69, 9.17) is 14.2 Å². The Morgan fingerprint density at radius 2 is 2.03 bits per heavy atom. The van der Waals surface area contributed by atoms with Gasteiger partial charge in [-0.1, -0.05) is 6.07 Å². The van der Waals surface area contributed by atoms with Gasteiger partial charge in [-0.2, -0.15) is 0 Å². The van der Waals surface area contributed by atoms with E-state index in [0.29, 0.717) is 30.3 Å². The zero-order valence-corrected chi connectivity index (χ0v) is 16.4. The van der Waals surface area contributed by atoms with Gasteiger partial charge in [0.05, 0.1) is 26.9 Å². The fourth-order valence-corrected chi connectivity index (χ4v) is 2.95. The maximum Gasteiger partial charge on any atom is 0.258 e. The molecule has 1 aliphatic heterocycles. The third-order valence-corrected chi connectivity index (χ3v) is 4.44. The number of nitrogens with one attached hydrogen (secondary N) is 2. The summed E-state index contributed by atoms with van der Waals surface area (Å²) in [5, 5.41) is 5.78. The average Bonchev–Trinajstić information content (AvgIpc) is 3.25. The third-order valence-electron chi connectivity index (χ3n) is 4.44. The van der Waals surface area contributed by atoms with Crippen molar-refractivity contribution in [2.75, 3.05) is 32.7 Å². The molecule has 1 amide bonds. The van der Waals surface area contributed by atoms with Crippen molar-refractivity contribution in [2.24, 2.45) is 4.99 Å². The molecular weight excluding hydrogens is 377 g/mol. The van der Waals surface area contributed by atoms with Crippen molar-refractivity contribution in [1.29, 1.82) is 0 Å². The number of benzene rings is 2. The molecule has 2 aromatic rings. The van der Waals surface area contributed by atoms with Crippen LogP contribution in [0.25, 0.3) is 0 Å². The monoisotopic (exact) mass is 401 g/mol. The molecule has 0 bridgehead atoms. The van der Waals surface area contributed by atoms with Gasteiger partial charge in [-0.25, -0.2) is 9.38 Å². The molecule has 1 saturated heterocycles. The third kappa shape index (κ3) is 5.68. The number of rotatable bonds is 6. The highest BCUT2D eigenvalue weighted by Crippen LogP contribution is 2.29. The molecule has 0 unspecified atom stereocenters. The number of carbonyl (C=O) groups excluding carboxylic acids is 1. The highest BCUT2D eigenvalue weighted by molar-refractivity contribution is 6.10. The Labute approximate surface area is 168 Å². The zero-order chi connectivity index (χ0) is 20.6. The second-order valence-corrected chi connectivity index (χ2v) is 6.48. The van der Waals surface area contributed by atoms with Crippen LogP contribution in [0.5, 0.6) is 11.5 Å². The first-order valence-electron chi connectivity index (χ1n) is 9.31.